The first-order valence-electron chi connectivity index (χ1n) is 8.20. The van der Waals surface area contributed by atoms with Crippen LogP contribution in [0.3, 0.4) is 0 Å². The maximum absolute atomic E-state index is 12.2. The van der Waals surface area contributed by atoms with Crippen molar-refractivity contribution < 1.29 is 19.0 Å². The van der Waals surface area contributed by atoms with Crippen molar-refractivity contribution in [3.05, 3.63) is 23.8 Å². The average Bonchev–Trinajstić information content (AvgIpc) is 2.52. The van der Waals surface area contributed by atoms with Crippen molar-refractivity contribution in [3.8, 4) is 11.5 Å². The lowest BCUT2D eigenvalue weighted by molar-refractivity contribution is 0.0186. The van der Waals surface area contributed by atoms with Crippen LogP contribution in [-0.4, -0.2) is 49.9 Å². The number of nitrogens with zero attached hydrogens (tertiary/aromatic N) is 1. The molecule has 0 aromatic heterocycles. The van der Waals surface area contributed by atoms with Gasteiger partial charge in [-0.1, -0.05) is 6.07 Å². The summed E-state index contributed by atoms with van der Waals surface area (Å²) in [5.74, 6) is 1.56. The molecule has 2 N–H and O–H groups in total. The molecule has 6 heteroatoms. The molecule has 0 saturated carbocycles. The van der Waals surface area contributed by atoms with Crippen LogP contribution in [-0.2, 0) is 4.74 Å². The molecule has 0 unspecified atom stereocenters. The van der Waals surface area contributed by atoms with E-state index in [1.165, 1.54) is 0 Å². The molecule has 0 spiro atoms. The maximum Gasteiger partial charge on any atom is 0.410 e. The number of amides is 1. The Morgan fingerprint density at radius 3 is 2.42 bits per heavy atom. The zero-order valence-electron chi connectivity index (χ0n) is 15.2. The molecule has 1 aromatic rings. The molecule has 134 valence electrons. The zero-order chi connectivity index (χ0) is 17.9. The fourth-order valence-electron chi connectivity index (χ4n) is 2.97. The molecule has 1 aromatic carbocycles. The van der Waals surface area contributed by atoms with Gasteiger partial charge in [0.25, 0.3) is 0 Å². The van der Waals surface area contributed by atoms with Crippen molar-refractivity contribution in [2.24, 2.45) is 5.73 Å². The predicted molar refractivity (Wildman–Crippen MR) is 92.7 cm³/mol. The number of carbonyl (C=O) groups is 1. The number of methoxy groups -OCH3 is 2. The highest BCUT2D eigenvalue weighted by molar-refractivity contribution is 5.68. The minimum Gasteiger partial charge on any atom is -0.493 e. The molecule has 2 atom stereocenters. The molecule has 1 saturated heterocycles. The first kappa shape index (κ1) is 18.4. The third-order valence-electron chi connectivity index (χ3n) is 4.15. The minimum atomic E-state index is -0.499. The summed E-state index contributed by atoms with van der Waals surface area (Å²) in [6.45, 7) is 6.69. The van der Waals surface area contributed by atoms with E-state index in [0.717, 1.165) is 12.0 Å². The highest BCUT2D eigenvalue weighted by Gasteiger charge is 2.32. The van der Waals surface area contributed by atoms with E-state index in [-0.39, 0.29) is 18.1 Å². The number of nitrogens with two attached hydrogens (primary N) is 1. The summed E-state index contributed by atoms with van der Waals surface area (Å²) in [5.41, 5.74) is 6.95. The first-order chi connectivity index (χ1) is 11.2. The van der Waals surface area contributed by atoms with Gasteiger partial charge in [-0.05, 0) is 44.9 Å². The molecule has 1 amide bonds. The van der Waals surface area contributed by atoms with Gasteiger partial charge in [-0.3, -0.25) is 0 Å². The quantitative estimate of drug-likeness (QED) is 0.919. The molecule has 0 radical (unpaired) electrons. The molecule has 0 bridgehead atoms. The Morgan fingerprint density at radius 1 is 1.21 bits per heavy atom. The Kier molecular flexibility index (Phi) is 5.59. The van der Waals surface area contributed by atoms with Crippen LogP contribution in [0.25, 0.3) is 0 Å². The van der Waals surface area contributed by atoms with Crippen molar-refractivity contribution in [3.63, 3.8) is 0 Å². The summed E-state index contributed by atoms with van der Waals surface area (Å²) in [7, 11) is 3.23. The number of benzene rings is 1. The molecule has 2 rings (SSSR count). The predicted octanol–water partition coefficient (Wildman–Crippen LogP) is 2.76. The molecule has 1 aliphatic rings. The smallest absolute Gasteiger partial charge is 0.410 e. The van der Waals surface area contributed by atoms with Crippen LogP contribution in [0, 0.1) is 0 Å². The number of carbonyl (C=O) groups excluding carboxylic acids is 1. The average molecular weight is 336 g/mol. The Balaban J connectivity index is 2.07. The number of hydrogen-bond donors (Lipinski definition) is 1. The second-order valence-electron chi connectivity index (χ2n) is 7.10. The summed E-state index contributed by atoms with van der Waals surface area (Å²) >= 11 is 0. The molecule has 0 aliphatic carbocycles. The number of hydrogen-bond acceptors (Lipinski definition) is 5. The van der Waals surface area contributed by atoms with Gasteiger partial charge in [-0.15, -0.1) is 0 Å². The Hall–Kier alpha value is -1.95. The van der Waals surface area contributed by atoms with Gasteiger partial charge in [-0.25, -0.2) is 4.79 Å². The highest BCUT2D eigenvalue weighted by atomic mass is 16.6. The van der Waals surface area contributed by atoms with E-state index >= 15 is 0 Å². The van der Waals surface area contributed by atoms with Gasteiger partial charge in [0.05, 0.1) is 14.2 Å². The van der Waals surface area contributed by atoms with E-state index in [4.69, 9.17) is 19.9 Å². The number of piperidine rings is 1. The van der Waals surface area contributed by atoms with Gasteiger partial charge in [0.2, 0.25) is 0 Å². The van der Waals surface area contributed by atoms with Crippen LogP contribution in [0.5, 0.6) is 11.5 Å². The second kappa shape index (κ2) is 7.30. The van der Waals surface area contributed by atoms with E-state index in [0.29, 0.717) is 24.6 Å². The molecular weight excluding hydrogens is 308 g/mol. The lowest BCUT2D eigenvalue weighted by Gasteiger charge is -2.37. The van der Waals surface area contributed by atoms with Crippen molar-refractivity contribution in [1.29, 1.82) is 0 Å². The summed E-state index contributed by atoms with van der Waals surface area (Å²) in [5, 5.41) is 0. The highest BCUT2D eigenvalue weighted by Crippen LogP contribution is 2.34. The van der Waals surface area contributed by atoms with Gasteiger partial charge in [-0.2, -0.15) is 0 Å². The number of likely N-dealkylation sites (tertiary alicyclic amines) is 1. The largest absolute Gasteiger partial charge is 0.493 e. The van der Waals surface area contributed by atoms with Crippen molar-refractivity contribution >= 4 is 6.09 Å². The van der Waals surface area contributed by atoms with Crippen LogP contribution in [0.1, 0.15) is 38.7 Å². The van der Waals surface area contributed by atoms with Gasteiger partial charge in [0.1, 0.15) is 5.60 Å². The fourth-order valence-corrected chi connectivity index (χ4v) is 2.97. The zero-order valence-corrected chi connectivity index (χ0v) is 15.2. The standard InChI is InChI=1S/C18H28N2O4/c1-18(2,3)24-17(21)20-9-8-13(14(19)11-20)12-6-7-15(22-4)16(10-12)23-5/h6-7,10,13-14H,8-9,11,19H2,1-5H3/t13-,14-/m1/s1. The van der Waals surface area contributed by atoms with Crippen LogP contribution >= 0.6 is 0 Å². The summed E-state index contributed by atoms with van der Waals surface area (Å²) in [6, 6.07) is 5.71. The Labute approximate surface area is 143 Å². The van der Waals surface area contributed by atoms with Crippen LogP contribution in [0.4, 0.5) is 4.79 Å². The second-order valence-corrected chi connectivity index (χ2v) is 7.10. The van der Waals surface area contributed by atoms with Crippen LogP contribution in [0.15, 0.2) is 18.2 Å². The number of ether oxygens (including phenoxy) is 3. The van der Waals surface area contributed by atoms with Gasteiger partial charge >= 0.3 is 6.09 Å². The van der Waals surface area contributed by atoms with Crippen LogP contribution < -0.4 is 15.2 Å². The van der Waals surface area contributed by atoms with E-state index in [1.54, 1.807) is 19.1 Å². The lowest BCUT2D eigenvalue weighted by atomic mass is 9.85. The molecule has 24 heavy (non-hydrogen) atoms. The van der Waals surface area contributed by atoms with Crippen LogP contribution in [0.2, 0.25) is 0 Å². The minimum absolute atomic E-state index is 0.149. The molecule has 1 heterocycles. The van der Waals surface area contributed by atoms with Crippen molar-refractivity contribution in [1.82, 2.24) is 4.90 Å². The maximum atomic E-state index is 12.2. The fraction of sp³-hybridized carbons (Fsp3) is 0.611. The first-order valence-corrected chi connectivity index (χ1v) is 8.20. The molecular formula is C18H28N2O4. The SMILES string of the molecule is COc1ccc([C@H]2CCN(C(=O)OC(C)(C)C)C[C@H]2N)cc1OC. The summed E-state index contributed by atoms with van der Waals surface area (Å²) < 4.78 is 16.1. The van der Waals surface area contributed by atoms with E-state index < -0.39 is 5.60 Å². The van der Waals surface area contributed by atoms with Crippen molar-refractivity contribution in [2.45, 2.75) is 44.8 Å². The van der Waals surface area contributed by atoms with Crippen molar-refractivity contribution in [2.75, 3.05) is 27.3 Å². The van der Waals surface area contributed by atoms with E-state index in [9.17, 15) is 4.79 Å². The number of rotatable bonds is 3. The Morgan fingerprint density at radius 2 is 1.88 bits per heavy atom. The Bertz CT molecular complexity index is 583. The van der Waals surface area contributed by atoms with Gasteiger partial charge in [0.15, 0.2) is 11.5 Å². The van der Waals surface area contributed by atoms with E-state index in [1.807, 2.05) is 39.0 Å². The molecule has 1 aliphatic heterocycles. The summed E-state index contributed by atoms with van der Waals surface area (Å²) in [6.07, 6.45) is 0.485. The molecule has 6 nitrogen and oxygen atoms in total. The van der Waals surface area contributed by atoms with Gasteiger partial charge in [0, 0.05) is 25.0 Å². The normalized spacial score (nSPS) is 21.3. The monoisotopic (exact) mass is 336 g/mol. The summed E-state index contributed by atoms with van der Waals surface area (Å²) in [4.78, 5) is 13.9. The van der Waals surface area contributed by atoms with E-state index in [2.05, 4.69) is 0 Å². The third kappa shape index (κ3) is 4.32. The lowest BCUT2D eigenvalue weighted by Crippen LogP contribution is -2.50. The molecule has 1 fully saturated rings. The third-order valence-corrected chi connectivity index (χ3v) is 4.15. The topological polar surface area (TPSA) is 74.0 Å². The van der Waals surface area contributed by atoms with Gasteiger partial charge < -0.3 is 24.8 Å².